The number of methoxy groups -OCH3 is 1. The summed E-state index contributed by atoms with van der Waals surface area (Å²) in [6, 6.07) is 3.08. The van der Waals surface area contributed by atoms with Gasteiger partial charge in [-0.3, -0.25) is 4.79 Å². The maximum atomic E-state index is 13.9. The van der Waals surface area contributed by atoms with Crippen LogP contribution in [0.25, 0.3) is 5.69 Å². The van der Waals surface area contributed by atoms with Gasteiger partial charge >= 0.3 is 0 Å². The second kappa shape index (κ2) is 6.45. The predicted molar refractivity (Wildman–Crippen MR) is 71.0 cm³/mol. The van der Waals surface area contributed by atoms with Crippen LogP contribution in [-0.4, -0.2) is 36.4 Å². The number of benzene rings is 1. The Morgan fingerprint density at radius 1 is 1.33 bits per heavy atom. The molecule has 2 rings (SSSR count). The Kier molecular flexibility index (Phi) is 4.64. The van der Waals surface area contributed by atoms with E-state index >= 15 is 0 Å². The van der Waals surface area contributed by atoms with Crippen LogP contribution in [-0.2, 0) is 4.74 Å². The molecule has 0 bridgehead atoms. The smallest absolute Gasteiger partial charge is 0.227 e. The molecule has 1 aromatic heterocycles. The number of aryl methyl sites for hydroxylation is 1. The fourth-order valence-electron chi connectivity index (χ4n) is 1.83. The molecule has 0 spiro atoms. The standard InChI is InChI=1S/C14H14F2N2O3/c1-9-11(8-19)14(21-6-5-20-2)18(17-9)13-4-3-10(15)7-12(13)16/h3-4,7-8H,5-6H2,1-2H3. The SMILES string of the molecule is COCCOc1c(C=O)c(C)nn1-c1ccc(F)cc1F. The van der Waals surface area contributed by atoms with E-state index in [0.717, 1.165) is 16.8 Å². The summed E-state index contributed by atoms with van der Waals surface area (Å²) in [6.07, 6.45) is 0.586. The molecule has 0 aliphatic rings. The first kappa shape index (κ1) is 15.1. The van der Waals surface area contributed by atoms with Crippen molar-refractivity contribution in [2.24, 2.45) is 0 Å². The zero-order valence-corrected chi connectivity index (χ0v) is 11.6. The molecule has 0 fully saturated rings. The van der Waals surface area contributed by atoms with Crippen LogP contribution in [0.5, 0.6) is 5.88 Å². The third-order valence-corrected chi connectivity index (χ3v) is 2.84. The number of halogens is 2. The third kappa shape index (κ3) is 3.08. The van der Waals surface area contributed by atoms with Crippen LogP contribution >= 0.6 is 0 Å². The van der Waals surface area contributed by atoms with Gasteiger partial charge in [0.1, 0.15) is 18.1 Å². The van der Waals surface area contributed by atoms with Crippen LogP contribution in [0.15, 0.2) is 18.2 Å². The highest BCUT2D eigenvalue weighted by atomic mass is 19.1. The lowest BCUT2D eigenvalue weighted by Crippen LogP contribution is -2.10. The van der Waals surface area contributed by atoms with Crippen molar-refractivity contribution in [3.63, 3.8) is 0 Å². The van der Waals surface area contributed by atoms with Crippen LogP contribution in [0.4, 0.5) is 8.78 Å². The fraction of sp³-hybridized carbons (Fsp3) is 0.286. The zero-order valence-electron chi connectivity index (χ0n) is 11.6. The maximum absolute atomic E-state index is 13.9. The van der Waals surface area contributed by atoms with E-state index in [4.69, 9.17) is 9.47 Å². The summed E-state index contributed by atoms with van der Waals surface area (Å²) in [6.45, 7) is 2.07. The number of rotatable bonds is 6. The van der Waals surface area contributed by atoms with Gasteiger partial charge in [-0.2, -0.15) is 9.78 Å². The van der Waals surface area contributed by atoms with E-state index in [0.29, 0.717) is 18.6 Å². The van der Waals surface area contributed by atoms with Gasteiger partial charge < -0.3 is 9.47 Å². The minimum Gasteiger partial charge on any atom is -0.475 e. The molecule has 0 radical (unpaired) electrons. The van der Waals surface area contributed by atoms with E-state index in [9.17, 15) is 13.6 Å². The van der Waals surface area contributed by atoms with Gasteiger partial charge in [0.2, 0.25) is 5.88 Å². The molecule has 0 unspecified atom stereocenters. The van der Waals surface area contributed by atoms with E-state index in [-0.39, 0.29) is 23.7 Å². The zero-order chi connectivity index (χ0) is 15.4. The first-order valence-corrected chi connectivity index (χ1v) is 6.20. The van der Waals surface area contributed by atoms with Crippen molar-refractivity contribution < 1.29 is 23.0 Å². The van der Waals surface area contributed by atoms with Crippen LogP contribution in [0, 0.1) is 18.6 Å². The number of hydrogen-bond acceptors (Lipinski definition) is 4. The highest BCUT2D eigenvalue weighted by Crippen LogP contribution is 2.26. The van der Waals surface area contributed by atoms with E-state index in [1.54, 1.807) is 6.92 Å². The predicted octanol–water partition coefficient (Wildman–Crippen LogP) is 2.30. The number of nitrogens with zero attached hydrogens (tertiary/aromatic N) is 2. The van der Waals surface area contributed by atoms with E-state index < -0.39 is 11.6 Å². The van der Waals surface area contributed by atoms with Crippen molar-refractivity contribution in [1.29, 1.82) is 0 Å². The van der Waals surface area contributed by atoms with Crippen molar-refractivity contribution in [1.82, 2.24) is 9.78 Å². The second-order valence-electron chi connectivity index (χ2n) is 4.27. The number of ether oxygens (including phenoxy) is 2. The first-order valence-electron chi connectivity index (χ1n) is 6.20. The van der Waals surface area contributed by atoms with E-state index in [1.807, 2.05) is 0 Å². The Morgan fingerprint density at radius 3 is 2.71 bits per heavy atom. The van der Waals surface area contributed by atoms with Crippen molar-refractivity contribution >= 4 is 6.29 Å². The number of carbonyl (C=O) groups is 1. The third-order valence-electron chi connectivity index (χ3n) is 2.84. The molecule has 1 aromatic carbocycles. The Bertz CT molecular complexity index is 656. The van der Waals surface area contributed by atoms with Crippen molar-refractivity contribution in [3.05, 3.63) is 41.1 Å². The average Bonchev–Trinajstić information content (AvgIpc) is 2.75. The Labute approximate surface area is 120 Å². The summed E-state index contributed by atoms with van der Waals surface area (Å²) in [5.41, 5.74) is 0.607. The highest BCUT2D eigenvalue weighted by Gasteiger charge is 2.19. The number of aldehydes is 1. The number of hydrogen-bond donors (Lipinski definition) is 0. The van der Waals surface area contributed by atoms with Gasteiger partial charge in [0.25, 0.3) is 0 Å². The van der Waals surface area contributed by atoms with Crippen LogP contribution in [0.1, 0.15) is 16.1 Å². The fourth-order valence-corrected chi connectivity index (χ4v) is 1.83. The summed E-state index contributed by atoms with van der Waals surface area (Å²) >= 11 is 0. The molecule has 0 aliphatic carbocycles. The topological polar surface area (TPSA) is 53.4 Å². The Hall–Kier alpha value is -2.28. The lowest BCUT2D eigenvalue weighted by Gasteiger charge is -2.10. The van der Waals surface area contributed by atoms with Gasteiger partial charge in [-0.1, -0.05) is 0 Å². The quantitative estimate of drug-likeness (QED) is 0.606. The number of aromatic nitrogens is 2. The summed E-state index contributed by atoms with van der Waals surface area (Å²) in [4.78, 5) is 11.1. The molecule has 7 heteroatoms. The molecule has 5 nitrogen and oxygen atoms in total. The van der Waals surface area contributed by atoms with Gasteiger partial charge in [-0.05, 0) is 19.1 Å². The summed E-state index contributed by atoms with van der Waals surface area (Å²) in [5.74, 6) is -1.39. The van der Waals surface area contributed by atoms with E-state index in [2.05, 4.69) is 5.10 Å². The van der Waals surface area contributed by atoms with Gasteiger partial charge in [-0.15, -0.1) is 0 Å². The Balaban J connectivity index is 2.49. The van der Waals surface area contributed by atoms with Gasteiger partial charge in [0, 0.05) is 13.2 Å². The second-order valence-corrected chi connectivity index (χ2v) is 4.27. The van der Waals surface area contributed by atoms with E-state index in [1.165, 1.54) is 13.2 Å². The van der Waals surface area contributed by atoms with Crippen molar-refractivity contribution in [2.75, 3.05) is 20.3 Å². The average molecular weight is 296 g/mol. The number of carbonyl (C=O) groups excluding carboxylic acids is 1. The molecule has 0 N–H and O–H groups in total. The molecule has 112 valence electrons. The minimum atomic E-state index is -0.799. The van der Waals surface area contributed by atoms with Gasteiger partial charge in [-0.25, -0.2) is 8.78 Å². The largest absolute Gasteiger partial charge is 0.475 e. The Morgan fingerprint density at radius 2 is 2.10 bits per heavy atom. The maximum Gasteiger partial charge on any atom is 0.227 e. The molecular formula is C14H14F2N2O3. The van der Waals surface area contributed by atoms with Gasteiger partial charge in [0.15, 0.2) is 12.1 Å². The lowest BCUT2D eigenvalue weighted by atomic mass is 10.2. The molecule has 0 amide bonds. The highest BCUT2D eigenvalue weighted by molar-refractivity contribution is 5.80. The molecule has 0 atom stereocenters. The van der Waals surface area contributed by atoms with Gasteiger partial charge in [0.05, 0.1) is 17.9 Å². The molecule has 2 aromatic rings. The molecule has 0 saturated heterocycles. The summed E-state index contributed by atoms with van der Waals surface area (Å²) < 4.78 is 38.3. The van der Waals surface area contributed by atoms with Crippen molar-refractivity contribution in [2.45, 2.75) is 6.92 Å². The molecule has 21 heavy (non-hydrogen) atoms. The van der Waals surface area contributed by atoms with Crippen LogP contribution in [0.3, 0.4) is 0 Å². The first-order chi connectivity index (χ1) is 10.1. The minimum absolute atomic E-state index is 0.0000156. The van der Waals surface area contributed by atoms with Crippen LogP contribution < -0.4 is 4.74 Å². The van der Waals surface area contributed by atoms with Crippen molar-refractivity contribution in [3.8, 4) is 11.6 Å². The molecule has 1 heterocycles. The lowest BCUT2D eigenvalue weighted by molar-refractivity contribution is 0.111. The van der Waals surface area contributed by atoms with Crippen LogP contribution in [0.2, 0.25) is 0 Å². The summed E-state index contributed by atoms with van der Waals surface area (Å²) in [5, 5.41) is 4.08. The molecular weight excluding hydrogens is 282 g/mol. The normalized spacial score (nSPS) is 10.7. The summed E-state index contributed by atoms with van der Waals surface area (Å²) in [7, 11) is 1.51. The molecule has 0 aliphatic heterocycles. The molecule has 0 saturated carbocycles. The monoisotopic (exact) mass is 296 g/mol.